The second-order valence-corrected chi connectivity index (χ2v) is 4.11. The molecule has 2 rings (SSSR count). The smallest absolute Gasteiger partial charge is 0.118 e. The van der Waals surface area contributed by atoms with Crippen molar-refractivity contribution in [2.75, 3.05) is 0 Å². The Morgan fingerprint density at radius 1 is 1.36 bits per heavy atom. The fraction of sp³-hybridized carbons (Fsp3) is 0.400. The van der Waals surface area contributed by atoms with E-state index < -0.39 is 0 Å². The van der Waals surface area contributed by atoms with Crippen LogP contribution >= 0.6 is 0 Å². The van der Waals surface area contributed by atoms with Gasteiger partial charge in [0, 0.05) is 18.2 Å². The number of hydrogen-bond acceptors (Lipinski definition) is 3. The highest BCUT2D eigenvalue weighted by molar-refractivity contribution is 5.78. The molecule has 2 N–H and O–H groups in total. The molecule has 0 amide bonds. The number of benzene rings is 1. The van der Waals surface area contributed by atoms with E-state index in [1.807, 2.05) is 39.1 Å². The number of rotatable bonds is 1. The van der Waals surface area contributed by atoms with Gasteiger partial charge in [0.2, 0.25) is 0 Å². The molecular weight excluding hydrogens is 176 g/mol. The fourth-order valence-corrected chi connectivity index (χ4v) is 1.58. The van der Waals surface area contributed by atoms with Gasteiger partial charge in [-0.25, -0.2) is 4.68 Å². The zero-order valence-electron chi connectivity index (χ0n) is 8.65. The van der Waals surface area contributed by atoms with E-state index in [1.54, 1.807) is 4.68 Å². The van der Waals surface area contributed by atoms with Gasteiger partial charge in [-0.2, -0.15) is 0 Å². The molecule has 0 aliphatic heterocycles. The fourth-order valence-electron chi connectivity index (χ4n) is 1.58. The summed E-state index contributed by atoms with van der Waals surface area (Å²) in [5.41, 5.74) is 8.61. The molecule has 1 aromatic carbocycles. The normalized spacial score (nSPS) is 12.3. The Labute approximate surface area is 82.7 Å². The summed E-state index contributed by atoms with van der Waals surface area (Å²) < 4.78 is 1.75. The van der Waals surface area contributed by atoms with Gasteiger partial charge in [-0.1, -0.05) is 17.3 Å². The summed E-state index contributed by atoms with van der Waals surface area (Å²) in [4.78, 5) is 0. The summed E-state index contributed by atoms with van der Waals surface area (Å²) in [7, 11) is 1.88. The average Bonchev–Trinajstić information content (AvgIpc) is 2.46. The lowest BCUT2D eigenvalue weighted by molar-refractivity contribution is 0.558. The predicted molar refractivity (Wildman–Crippen MR) is 55.7 cm³/mol. The van der Waals surface area contributed by atoms with Crippen LogP contribution in [0.15, 0.2) is 18.2 Å². The van der Waals surface area contributed by atoms with Crippen LogP contribution in [-0.2, 0) is 12.6 Å². The van der Waals surface area contributed by atoms with E-state index in [9.17, 15) is 0 Å². The van der Waals surface area contributed by atoms with Crippen molar-refractivity contribution >= 4 is 11.0 Å². The van der Waals surface area contributed by atoms with Gasteiger partial charge in [0.05, 0.1) is 5.52 Å². The van der Waals surface area contributed by atoms with E-state index in [1.165, 1.54) is 0 Å². The first-order valence-electron chi connectivity index (χ1n) is 4.58. The summed E-state index contributed by atoms with van der Waals surface area (Å²) in [6.07, 6.45) is 0. The van der Waals surface area contributed by atoms with E-state index in [2.05, 4.69) is 10.3 Å². The molecule has 14 heavy (non-hydrogen) atoms. The molecule has 0 fully saturated rings. The number of aryl methyl sites for hydroxylation is 1. The molecule has 0 spiro atoms. The monoisotopic (exact) mass is 190 g/mol. The van der Waals surface area contributed by atoms with Gasteiger partial charge in [-0.05, 0) is 19.9 Å². The van der Waals surface area contributed by atoms with Crippen molar-refractivity contribution in [2.45, 2.75) is 19.4 Å². The second-order valence-electron chi connectivity index (χ2n) is 4.11. The zero-order chi connectivity index (χ0) is 10.3. The van der Waals surface area contributed by atoms with Crippen molar-refractivity contribution in [1.29, 1.82) is 0 Å². The van der Waals surface area contributed by atoms with Crippen LogP contribution in [0.1, 0.15) is 19.4 Å². The molecule has 4 heteroatoms. The summed E-state index contributed by atoms with van der Waals surface area (Å²) in [5.74, 6) is 0. The van der Waals surface area contributed by atoms with Crippen molar-refractivity contribution in [3.63, 3.8) is 0 Å². The van der Waals surface area contributed by atoms with Gasteiger partial charge in [-0.3, -0.25) is 0 Å². The topological polar surface area (TPSA) is 56.7 Å². The maximum absolute atomic E-state index is 6.06. The Kier molecular flexibility index (Phi) is 1.82. The van der Waals surface area contributed by atoms with E-state index in [0.717, 1.165) is 16.6 Å². The third-order valence-corrected chi connectivity index (χ3v) is 2.34. The van der Waals surface area contributed by atoms with Crippen molar-refractivity contribution in [3.8, 4) is 0 Å². The van der Waals surface area contributed by atoms with Crippen molar-refractivity contribution < 1.29 is 0 Å². The molecule has 74 valence electrons. The van der Waals surface area contributed by atoms with Gasteiger partial charge < -0.3 is 5.73 Å². The Bertz CT molecular complexity index is 464. The lowest BCUT2D eigenvalue weighted by atomic mass is 9.94. The highest BCUT2D eigenvalue weighted by Gasteiger charge is 2.19. The van der Waals surface area contributed by atoms with Gasteiger partial charge in [-0.15, -0.1) is 5.10 Å². The molecule has 0 radical (unpaired) electrons. The molecule has 0 aliphatic carbocycles. The van der Waals surface area contributed by atoms with Crippen LogP contribution in [0.4, 0.5) is 0 Å². The maximum atomic E-state index is 6.06. The van der Waals surface area contributed by atoms with E-state index >= 15 is 0 Å². The van der Waals surface area contributed by atoms with Crippen LogP contribution in [0.2, 0.25) is 0 Å². The third-order valence-electron chi connectivity index (χ3n) is 2.34. The number of hydrogen-bond donors (Lipinski definition) is 1. The molecule has 4 nitrogen and oxygen atoms in total. The first-order chi connectivity index (χ1) is 6.50. The van der Waals surface area contributed by atoms with E-state index in [0.29, 0.717) is 0 Å². The zero-order valence-corrected chi connectivity index (χ0v) is 8.65. The number of aromatic nitrogens is 3. The molecule has 1 heterocycles. The van der Waals surface area contributed by atoms with Gasteiger partial charge >= 0.3 is 0 Å². The first kappa shape index (κ1) is 9.15. The van der Waals surface area contributed by atoms with Crippen LogP contribution in [0.3, 0.4) is 0 Å². The highest BCUT2D eigenvalue weighted by atomic mass is 15.4. The SMILES string of the molecule is Cn1nnc2c(C(C)(C)N)cccc21. The summed E-state index contributed by atoms with van der Waals surface area (Å²) in [6.45, 7) is 3.94. The van der Waals surface area contributed by atoms with Crippen molar-refractivity contribution in [3.05, 3.63) is 23.8 Å². The largest absolute Gasteiger partial charge is 0.322 e. The quantitative estimate of drug-likeness (QED) is 0.734. The Balaban J connectivity index is 2.79. The van der Waals surface area contributed by atoms with Crippen molar-refractivity contribution in [1.82, 2.24) is 15.0 Å². The third kappa shape index (κ3) is 1.28. The Hall–Kier alpha value is -1.42. The molecule has 2 aromatic rings. The molecule has 0 atom stereocenters. The van der Waals surface area contributed by atoms with Gasteiger partial charge in [0.15, 0.2) is 0 Å². The van der Waals surface area contributed by atoms with Crippen LogP contribution in [0, 0.1) is 0 Å². The van der Waals surface area contributed by atoms with Gasteiger partial charge in [0.25, 0.3) is 0 Å². The number of nitrogens with zero attached hydrogens (tertiary/aromatic N) is 3. The molecular formula is C10H14N4. The number of nitrogens with two attached hydrogens (primary N) is 1. The van der Waals surface area contributed by atoms with Crippen LogP contribution in [0.25, 0.3) is 11.0 Å². The molecule has 0 saturated carbocycles. The molecule has 1 aromatic heterocycles. The first-order valence-corrected chi connectivity index (χ1v) is 4.58. The lowest BCUT2D eigenvalue weighted by Crippen LogP contribution is -2.28. The second kappa shape index (κ2) is 2.78. The summed E-state index contributed by atoms with van der Waals surface area (Å²) in [6, 6.07) is 5.97. The molecule has 0 unspecified atom stereocenters. The van der Waals surface area contributed by atoms with Crippen molar-refractivity contribution in [2.24, 2.45) is 12.8 Å². The lowest BCUT2D eigenvalue weighted by Gasteiger charge is -2.18. The van der Waals surface area contributed by atoms with Crippen LogP contribution in [0.5, 0.6) is 0 Å². The summed E-state index contributed by atoms with van der Waals surface area (Å²) in [5, 5.41) is 8.10. The summed E-state index contributed by atoms with van der Waals surface area (Å²) >= 11 is 0. The molecule has 0 aliphatic rings. The molecule has 0 saturated heterocycles. The molecule has 0 bridgehead atoms. The standard InChI is InChI=1S/C10H14N4/c1-10(2,11)7-5-4-6-8-9(7)12-13-14(8)3/h4-6H,11H2,1-3H3. The minimum Gasteiger partial charge on any atom is -0.322 e. The average molecular weight is 190 g/mol. The minimum absolute atomic E-state index is 0.379. The van der Waals surface area contributed by atoms with E-state index in [4.69, 9.17) is 5.73 Å². The van der Waals surface area contributed by atoms with E-state index in [-0.39, 0.29) is 5.54 Å². The Morgan fingerprint density at radius 2 is 2.07 bits per heavy atom. The minimum atomic E-state index is -0.379. The van der Waals surface area contributed by atoms with Gasteiger partial charge in [0.1, 0.15) is 5.52 Å². The van der Waals surface area contributed by atoms with Crippen LogP contribution in [-0.4, -0.2) is 15.0 Å². The maximum Gasteiger partial charge on any atom is 0.118 e. The highest BCUT2D eigenvalue weighted by Crippen LogP contribution is 2.24. The Morgan fingerprint density at radius 3 is 2.71 bits per heavy atom. The van der Waals surface area contributed by atoms with Crippen LogP contribution < -0.4 is 5.73 Å². The predicted octanol–water partition coefficient (Wildman–Crippen LogP) is 1.16. The number of fused-ring (bicyclic) bond motifs is 1.